The average Bonchev–Trinajstić information content (AvgIpc) is 2.76. The summed E-state index contributed by atoms with van der Waals surface area (Å²) in [4.78, 5) is 25.5. The van der Waals surface area contributed by atoms with Gasteiger partial charge < -0.3 is 11.1 Å². The lowest BCUT2D eigenvalue weighted by Crippen LogP contribution is -2.16. The summed E-state index contributed by atoms with van der Waals surface area (Å²) in [6, 6.07) is 1.16. The highest BCUT2D eigenvalue weighted by Crippen LogP contribution is 2.21. The Morgan fingerprint density at radius 2 is 2.23 bits per heavy atom. The number of anilines is 1. The quantitative estimate of drug-likeness (QED) is 0.477. The van der Waals surface area contributed by atoms with E-state index in [4.69, 9.17) is 5.73 Å². The lowest BCUT2D eigenvalue weighted by molar-refractivity contribution is -0.385. The number of allylic oxidation sites excluding steroid dienone is 1. The second-order valence-corrected chi connectivity index (χ2v) is 5.35. The molecule has 0 spiro atoms. The molecule has 22 heavy (non-hydrogen) atoms. The van der Waals surface area contributed by atoms with Gasteiger partial charge in [-0.05, 0) is 32.1 Å². The van der Waals surface area contributed by atoms with Gasteiger partial charge in [-0.3, -0.25) is 14.9 Å². The Hall–Kier alpha value is -2.44. The monoisotopic (exact) mass is 304 g/mol. The highest BCUT2D eigenvalue weighted by Gasteiger charge is 2.16. The molecule has 0 radical (unpaired) electrons. The molecule has 0 aliphatic heterocycles. The molecule has 1 aromatic rings. The van der Waals surface area contributed by atoms with Crippen LogP contribution in [0.25, 0.3) is 0 Å². The van der Waals surface area contributed by atoms with Crippen molar-refractivity contribution in [3.05, 3.63) is 39.6 Å². The van der Waals surface area contributed by atoms with Crippen LogP contribution >= 0.6 is 0 Å². The molecule has 3 N–H and O–H groups in total. The number of carbonyl (C=O) groups excluding carboxylic acids is 1. The second-order valence-electron chi connectivity index (χ2n) is 5.35. The van der Waals surface area contributed by atoms with E-state index in [1.807, 2.05) is 0 Å². The minimum Gasteiger partial charge on any atom is -0.369 e. The first-order chi connectivity index (χ1) is 10.6. The van der Waals surface area contributed by atoms with Crippen molar-refractivity contribution in [1.29, 1.82) is 0 Å². The SMILES string of the molecule is NC(=O)c1cc([N+](=O)[O-])cnc1NCCC1=CCCCCC1. The minimum atomic E-state index is -0.729. The summed E-state index contributed by atoms with van der Waals surface area (Å²) in [5.74, 6) is -0.431. The van der Waals surface area contributed by atoms with Gasteiger partial charge >= 0.3 is 0 Å². The number of amides is 1. The van der Waals surface area contributed by atoms with Gasteiger partial charge in [0.05, 0.1) is 10.5 Å². The normalized spacial score (nSPS) is 14.8. The van der Waals surface area contributed by atoms with Gasteiger partial charge in [0.2, 0.25) is 0 Å². The molecule has 1 heterocycles. The summed E-state index contributed by atoms with van der Waals surface area (Å²) < 4.78 is 0. The van der Waals surface area contributed by atoms with Crippen LogP contribution in [0.2, 0.25) is 0 Å². The molecule has 1 aliphatic rings. The first-order valence-electron chi connectivity index (χ1n) is 7.44. The van der Waals surface area contributed by atoms with Crippen LogP contribution in [0, 0.1) is 10.1 Å². The molecule has 0 aromatic carbocycles. The van der Waals surface area contributed by atoms with Gasteiger partial charge in [-0.25, -0.2) is 4.98 Å². The molecule has 118 valence electrons. The third kappa shape index (κ3) is 4.28. The van der Waals surface area contributed by atoms with Crippen molar-refractivity contribution in [2.45, 2.75) is 38.5 Å². The molecule has 1 aliphatic carbocycles. The molecule has 7 nitrogen and oxygen atoms in total. The predicted octanol–water partition coefficient (Wildman–Crippen LogP) is 2.78. The summed E-state index contributed by atoms with van der Waals surface area (Å²) >= 11 is 0. The molecule has 1 aromatic heterocycles. The van der Waals surface area contributed by atoms with Crippen LogP contribution in [0.15, 0.2) is 23.9 Å². The Kier molecular flexibility index (Phi) is 5.46. The van der Waals surface area contributed by atoms with E-state index in [-0.39, 0.29) is 11.3 Å². The Bertz CT molecular complexity index is 598. The van der Waals surface area contributed by atoms with Crippen LogP contribution in [-0.2, 0) is 0 Å². The van der Waals surface area contributed by atoms with E-state index in [1.165, 1.54) is 24.8 Å². The maximum atomic E-state index is 11.4. The van der Waals surface area contributed by atoms with Crippen molar-refractivity contribution in [3.8, 4) is 0 Å². The number of primary amides is 1. The van der Waals surface area contributed by atoms with Crippen molar-refractivity contribution in [2.24, 2.45) is 5.73 Å². The number of hydrogen-bond acceptors (Lipinski definition) is 5. The molecule has 1 amide bonds. The maximum Gasteiger partial charge on any atom is 0.288 e. The summed E-state index contributed by atoms with van der Waals surface area (Å²) in [6.07, 6.45) is 10.2. The van der Waals surface area contributed by atoms with E-state index in [0.29, 0.717) is 12.4 Å². The first-order valence-corrected chi connectivity index (χ1v) is 7.44. The molecule has 0 fully saturated rings. The van der Waals surface area contributed by atoms with Crippen LogP contribution in [0.5, 0.6) is 0 Å². The van der Waals surface area contributed by atoms with Gasteiger partial charge in [-0.15, -0.1) is 0 Å². The number of nitrogens with one attached hydrogen (secondary N) is 1. The van der Waals surface area contributed by atoms with Crippen molar-refractivity contribution in [2.75, 3.05) is 11.9 Å². The van der Waals surface area contributed by atoms with Crippen LogP contribution in [-0.4, -0.2) is 22.4 Å². The van der Waals surface area contributed by atoms with Gasteiger partial charge in [0, 0.05) is 12.6 Å². The van der Waals surface area contributed by atoms with Gasteiger partial charge in [0.25, 0.3) is 11.6 Å². The highest BCUT2D eigenvalue weighted by atomic mass is 16.6. The number of rotatable bonds is 6. The number of nitrogens with two attached hydrogens (primary N) is 1. The highest BCUT2D eigenvalue weighted by molar-refractivity contribution is 5.98. The lowest BCUT2D eigenvalue weighted by atomic mass is 10.1. The van der Waals surface area contributed by atoms with Crippen LogP contribution in [0.3, 0.4) is 0 Å². The largest absolute Gasteiger partial charge is 0.369 e. The molecule has 0 atom stereocenters. The van der Waals surface area contributed by atoms with Crippen LogP contribution < -0.4 is 11.1 Å². The number of nitro groups is 1. The summed E-state index contributed by atoms with van der Waals surface area (Å²) in [5.41, 5.74) is 6.48. The summed E-state index contributed by atoms with van der Waals surface area (Å²) in [6.45, 7) is 0.622. The third-order valence-electron chi connectivity index (χ3n) is 3.72. The molecular weight excluding hydrogens is 284 g/mol. The zero-order valence-corrected chi connectivity index (χ0v) is 12.4. The van der Waals surface area contributed by atoms with Crippen molar-refractivity contribution >= 4 is 17.4 Å². The Morgan fingerprint density at radius 1 is 1.41 bits per heavy atom. The molecule has 0 saturated carbocycles. The number of pyridine rings is 1. The third-order valence-corrected chi connectivity index (χ3v) is 3.72. The summed E-state index contributed by atoms with van der Waals surface area (Å²) in [7, 11) is 0. The van der Waals surface area contributed by atoms with E-state index in [1.54, 1.807) is 0 Å². The molecule has 0 bridgehead atoms. The van der Waals surface area contributed by atoms with E-state index < -0.39 is 10.8 Å². The number of aromatic nitrogens is 1. The minimum absolute atomic E-state index is 0.0454. The zero-order valence-electron chi connectivity index (χ0n) is 12.4. The fourth-order valence-electron chi connectivity index (χ4n) is 2.53. The van der Waals surface area contributed by atoms with Crippen LogP contribution in [0.4, 0.5) is 11.5 Å². The topological polar surface area (TPSA) is 111 Å². The molecule has 0 unspecified atom stereocenters. The number of hydrogen-bond donors (Lipinski definition) is 2. The number of nitrogens with zero attached hydrogens (tertiary/aromatic N) is 2. The number of carbonyl (C=O) groups is 1. The van der Waals surface area contributed by atoms with Gasteiger partial charge in [-0.2, -0.15) is 0 Å². The Balaban J connectivity index is 2.01. The van der Waals surface area contributed by atoms with Crippen molar-refractivity contribution in [1.82, 2.24) is 4.98 Å². The van der Waals surface area contributed by atoms with Crippen molar-refractivity contribution < 1.29 is 9.72 Å². The van der Waals surface area contributed by atoms with E-state index in [0.717, 1.165) is 31.5 Å². The molecule has 7 heteroatoms. The van der Waals surface area contributed by atoms with E-state index >= 15 is 0 Å². The standard InChI is InChI=1S/C15H20N4O3/c16-14(20)13-9-12(19(21)22)10-18-15(13)17-8-7-11-5-3-1-2-4-6-11/h5,9-10H,1-4,6-8H2,(H2,16,20)(H,17,18). The fourth-order valence-corrected chi connectivity index (χ4v) is 2.53. The Morgan fingerprint density at radius 3 is 2.95 bits per heavy atom. The van der Waals surface area contributed by atoms with Gasteiger partial charge in [0.1, 0.15) is 12.0 Å². The first kappa shape index (κ1) is 15.9. The summed E-state index contributed by atoms with van der Waals surface area (Å²) in [5, 5.41) is 13.8. The van der Waals surface area contributed by atoms with E-state index in [9.17, 15) is 14.9 Å². The van der Waals surface area contributed by atoms with Crippen molar-refractivity contribution in [3.63, 3.8) is 0 Å². The van der Waals surface area contributed by atoms with Crippen LogP contribution in [0.1, 0.15) is 48.9 Å². The Labute approximate surface area is 128 Å². The van der Waals surface area contributed by atoms with E-state index in [2.05, 4.69) is 16.4 Å². The second kappa shape index (κ2) is 7.53. The average molecular weight is 304 g/mol. The lowest BCUT2D eigenvalue weighted by Gasteiger charge is -2.10. The molecule has 2 rings (SSSR count). The fraction of sp³-hybridized carbons (Fsp3) is 0.467. The predicted molar refractivity (Wildman–Crippen MR) is 83.7 cm³/mol. The molecule has 0 saturated heterocycles. The maximum absolute atomic E-state index is 11.4. The molecular formula is C15H20N4O3. The van der Waals surface area contributed by atoms with Gasteiger partial charge in [-0.1, -0.05) is 18.1 Å². The van der Waals surface area contributed by atoms with Gasteiger partial charge in [0.15, 0.2) is 0 Å². The smallest absolute Gasteiger partial charge is 0.288 e. The zero-order chi connectivity index (χ0) is 15.9.